The third-order valence-electron chi connectivity index (χ3n) is 6.36. The van der Waals surface area contributed by atoms with Crippen molar-refractivity contribution >= 4 is 45.4 Å². The highest BCUT2D eigenvalue weighted by Crippen LogP contribution is 2.38. The first-order valence-electron chi connectivity index (χ1n) is 11.1. The zero-order valence-electron chi connectivity index (χ0n) is 18.9. The normalized spacial score (nSPS) is 13.1. The van der Waals surface area contributed by atoms with Crippen LogP contribution in [0.4, 0.5) is 0 Å². The zero-order valence-corrected chi connectivity index (χ0v) is 21.2. The summed E-state index contributed by atoms with van der Waals surface area (Å²) in [4.78, 5) is 18.1. The molecule has 4 nitrogen and oxygen atoms in total. The molecule has 1 N–H and O–H groups in total. The Kier molecular flexibility index (Phi) is 6.51. The van der Waals surface area contributed by atoms with E-state index in [4.69, 9.17) is 23.2 Å². The highest BCUT2D eigenvalue weighted by Gasteiger charge is 2.34. The lowest BCUT2D eigenvalue weighted by molar-refractivity contribution is 0.125. The molecular weight excluding hydrogens is 499 g/mol. The topological polar surface area (TPSA) is 55.1 Å². The summed E-state index contributed by atoms with van der Waals surface area (Å²) in [6.45, 7) is 0. The van der Waals surface area contributed by atoms with Gasteiger partial charge in [-0.1, -0.05) is 47.5 Å². The molecule has 0 radical (unpaired) electrons. The second kappa shape index (κ2) is 9.59. The number of aromatic nitrogens is 2. The van der Waals surface area contributed by atoms with Crippen LogP contribution < -0.4 is 5.56 Å². The fourth-order valence-corrected chi connectivity index (χ4v) is 5.68. The Bertz CT molecular complexity index is 1560. The van der Waals surface area contributed by atoms with Crippen LogP contribution in [0.3, 0.4) is 0 Å². The van der Waals surface area contributed by atoms with Crippen molar-refractivity contribution in [2.75, 3.05) is 0 Å². The molecule has 35 heavy (non-hydrogen) atoms. The van der Waals surface area contributed by atoms with Gasteiger partial charge in [-0.25, -0.2) is 0 Å². The van der Waals surface area contributed by atoms with E-state index >= 15 is 0 Å². The molecule has 5 rings (SSSR count). The van der Waals surface area contributed by atoms with Crippen LogP contribution in [0.25, 0.3) is 10.9 Å². The molecule has 0 bridgehead atoms. The number of benzene rings is 2. The van der Waals surface area contributed by atoms with E-state index in [2.05, 4.69) is 4.98 Å². The molecule has 176 valence electrons. The molecule has 0 fully saturated rings. The molecule has 0 spiro atoms. The summed E-state index contributed by atoms with van der Waals surface area (Å²) >= 11 is 13.8. The number of halogens is 2. The summed E-state index contributed by atoms with van der Waals surface area (Å²) < 4.78 is 2.39. The van der Waals surface area contributed by atoms with E-state index in [1.807, 2.05) is 48.5 Å². The molecule has 3 aromatic heterocycles. The molecule has 0 amide bonds. The summed E-state index contributed by atoms with van der Waals surface area (Å²) in [7, 11) is 1.76. The predicted octanol–water partition coefficient (Wildman–Crippen LogP) is 6.37. The van der Waals surface area contributed by atoms with Crippen molar-refractivity contribution in [1.29, 1.82) is 0 Å². The van der Waals surface area contributed by atoms with Gasteiger partial charge in [0.2, 0.25) is 0 Å². The third kappa shape index (κ3) is 4.53. The molecule has 5 aromatic rings. The van der Waals surface area contributed by atoms with Gasteiger partial charge in [0, 0.05) is 46.4 Å². The van der Waals surface area contributed by atoms with Crippen LogP contribution in [0.1, 0.15) is 27.1 Å². The van der Waals surface area contributed by atoms with Gasteiger partial charge in [0.05, 0.1) is 9.85 Å². The number of hydrogen-bond acceptors (Lipinski definition) is 4. The fourth-order valence-electron chi connectivity index (χ4n) is 4.47. The second-order valence-corrected chi connectivity index (χ2v) is 10.7. The summed E-state index contributed by atoms with van der Waals surface area (Å²) in [5.41, 5.74) is 2.21. The monoisotopic (exact) mass is 520 g/mol. The van der Waals surface area contributed by atoms with Crippen molar-refractivity contribution in [3.63, 3.8) is 0 Å². The van der Waals surface area contributed by atoms with Crippen LogP contribution in [0, 0.1) is 0 Å². The van der Waals surface area contributed by atoms with Gasteiger partial charge in [0.25, 0.3) is 5.56 Å². The molecule has 0 aliphatic rings. The van der Waals surface area contributed by atoms with Crippen molar-refractivity contribution in [1.82, 2.24) is 9.55 Å². The van der Waals surface area contributed by atoms with Gasteiger partial charge in [0.1, 0.15) is 5.60 Å². The lowest BCUT2D eigenvalue weighted by Crippen LogP contribution is -2.29. The van der Waals surface area contributed by atoms with E-state index in [1.165, 1.54) is 0 Å². The Balaban J connectivity index is 1.69. The maximum atomic E-state index is 12.7. The van der Waals surface area contributed by atoms with Crippen LogP contribution in [0.2, 0.25) is 9.36 Å². The van der Waals surface area contributed by atoms with Gasteiger partial charge in [-0.3, -0.25) is 9.78 Å². The van der Waals surface area contributed by atoms with E-state index in [-0.39, 0.29) is 5.56 Å². The van der Waals surface area contributed by atoms with E-state index in [1.54, 1.807) is 59.6 Å². The number of fused-ring (bicyclic) bond motifs is 1. The minimum absolute atomic E-state index is 0.0651. The van der Waals surface area contributed by atoms with Gasteiger partial charge < -0.3 is 9.67 Å². The molecule has 3 heterocycles. The molecular formula is C28H22Cl2N2O2S. The summed E-state index contributed by atoms with van der Waals surface area (Å²) in [5, 5.41) is 13.7. The van der Waals surface area contributed by atoms with Crippen molar-refractivity contribution < 1.29 is 5.11 Å². The standard InChI is InChI=1S/C28H22Cl2N2O2S/c1-32-25-12-7-20(16-24(25)18(15-27(32)33)4-10-23-11-13-26(30)35-23)28(34,21-3-2-14-31-17-21)19-5-8-22(29)9-6-19/h2-3,5-9,11-17,34H,4,10H2,1H3. The van der Waals surface area contributed by atoms with E-state index in [0.717, 1.165) is 32.1 Å². The van der Waals surface area contributed by atoms with Gasteiger partial charge in [-0.2, -0.15) is 0 Å². The highest BCUT2D eigenvalue weighted by molar-refractivity contribution is 7.16. The van der Waals surface area contributed by atoms with Crippen molar-refractivity contribution in [3.05, 3.63) is 132 Å². The maximum Gasteiger partial charge on any atom is 0.251 e. The van der Waals surface area contributed by atoms with E-state index in [0.29, 0.717) is 28.1 Å². The number of pyridine rings is 2. The van der Waals surface area contributed by atoms with Crippen LogP contribution in [-0.4, -0.2) is 14.7 Å². The third-order valence-corrected chi connectivity index (χ3v) is 7.90. The van der Waals surface area contributed by atoms with Crippen LogP contribution in [-0.2, 0) is 25.5 Å². The quantitative estimate of drug-likeness (QED) is 0.283. The van der Waals surface area contributed by atoms with E-state index in [9.17, 15) is 9.90 Å². The van der Waals surface area contributed by atoms with Crippen molar-refractivity contribution in [2.24, 2.45) is 7.05 Å². The average molecular weight is 521 g/mol. The predicted molar refractivity (Wildman–Crippen MR) is 144 cm³/mol. The van der Waals surface area contributed by atoms with Gasteiger partial charge in [-0.05, 0) is 72.0 Å². The fraction of sp³-hybridized carbons (Fsp3) is 0.143. The van der Waals surface area contributed by atoms with Crippen LogP contribution in [0.15, 0.2) is 90.0 Å². The first-order chi connectivity index (χ1) is 16.9. The second-order valence-electron chi connectivity index (χ2n) is 8.46. The minimum atomic E-state index is -1.46. The van der Waals surface area contributed by atoms with Crippen LogP contribution >= 0.6 is 34.5 Å². The Labute approximate surface area is 217 Å². The smallest absolute Gasteiger partial charge is 0.251 e. The van der Waals surface area contributed by atoms with E-state index < -0.39 is 5.60 Å². The number of aryl methyl sites for hydroxylation is 3. The SMILES string of the molecule is Cn1c(=O)cc(CCc2ccc(Cl)s2)c2cc(C(O)(c3ccc(Cl)cc3)c3cccnc3)ccc21. The molecule has 0 saturated carbocycles. The molecule has 1 unspecified atom stereocenters. The summed E-state index contributed by atoms with van der Waals surface area (Å²) in [6, 6.07) is 22.2. The Morgan fingerprint density at radius 2 is 1.71 bits per heavy atom. The largest absolute Gasteiger partial charge is 0.376 e. The average Bonchev–Trinajstić information content (AvgIpc) is 3.30. The van der Waals surface area contributed by atoms with Gasteiger partial charge >= 0.3 is 0 Å². The lowest BCUT2D eigenvalue weighted by atomic mass is 9.80. The molecule has 0 saturated heterocycles. The van der Waals surface area contributed by atoms with Gasteiger partial charge in [-0.15, -0.1) is 11.3 Å². The number of aliphatic hydroxyl groups is 1. The lowest BCUT2D eigenvalue weighted by Gasteiger charge is -2.30. The summed E-state index contributed by atoms with van der Waals surface area (Å²) in [5.74, 6) is 0. The summed E-state index contributed by atoms with van der Waals surface area (Å²) in [6.07, 6.45) is 4.80. The molecule has 0 aliphatic carbocycles. The highest BCUT2D eigenvalue weighted by atomic mass is 35.5. The number of rotatable bonds is 6. The molecule has 2 aromatic carbocycles. The Hall–Kier alpha value is -2.96. The van der Waals surface area contributed by atoms with Crippen molar-refractivity contribution in [2.45, 2.75) is 18.4 Å². The Morgan fingerprint density at radius 3 is 2.40 bits per heavy atom. The van der Waals surface area contributed by atoms with Crippen LogP contribution in [0.5, 0.6) is 0 Å². The van der Waals surface area contributed by atoms with Crippen molar-refractivity contribution in [3.8, 4) is 0 Å². The first-order valence-corrected chi connectivity index (χ1v) is 12.7. The number of nitrogens with zero attached hydrogens (tertiary/aromatic N) is 2. The molecule has 0 aliphatic heterocycles. The zero-order chi connectivity index (χ0) is 24.6. The minimum Gasteiger partial charge on any atom is -0.376 e. The molecule has 1 atom stereocenters. The molecule has 7 heteroatoms. The Morgan fingerprint density at radius 1 is 0.943 bits per heavy atom. The number of hydrogen-bond donors (Lipinski definition) is 1. The number of thiophene rings is 1. The first kappa shape index (κ1) is 23.8. The van der Waals surface area contributed by atoms with Gasteiger partial charge in [0.15, 0.2) is 0 Å². The maximum absolute atomic E-state index is 12.7.